The maximum atomic E-state index is 12.0. The fourth-order valence-electron chi connectivity index (χ4n) is 1.69. The predicted octanol–water partition coefficient (Wildman–Crippen LogP) is 2.46. The first kappa shape index (κ1) is 12.8. The Hall–Kier alpha value is -2.62. The summed E-state index contributed by atoms with van der Waals surface area (Å²) in [5.74, 6) is -3.02. The quantitative estimate of drug-likeness (QED) is 0.518. The lowest BCUT2D eigenvalue weighted by atomic mass is 10.00. The predicted molar refractivity (Wildman–Crippen MR) is 68.9 cm³/mol. The van der Waals surface area contributed by atoms with Crippen LogP contribution in [-0.4, -0.2) is 17.0 Å². The lowest BCUT2D eigenvalue weighted by molar-refractivity contribution is -0.148. The van der Waals surface area contributed by atoms with Crippen molar-refractivity contribution < 1.29 is 19.4 Å². The van der Waals surface area contributed by atoms with E-state index in [1.165, 1.54) is 0 Å². The van der Waals surface area contributed by atoms with E-state index in [2.05, 4.69) is 0 Å². The van der Waals surface area contributed by atoms with Crippen molar-refractivity contribution in [1.29, 1.82) is 0 Å². The van der Waals surface area contributed by atoms with Gasteiger partial charge in [0.1, 0.15) is 5.75 Å². The first-order valence-electron chi connectivity index (χ1n) is 5.73. The summed E-state index contributed by atoms with van der Waals surface area (Å²) in [6.07, 6.45) is 0. The number of aliphatic carboxylic acids is 1. The Balaban J connectivity index is 2.21. The third kappa shape index (κ3) is 3.19. The number of para-hydroxylation sites is 1. The second-order valence-corrected chi connectivity index (χ2v) is 3.92. The fourth-order valence-corrected chi connectivity index (χ4v) is 1.69. The summed E-state index contributed by atoms with van der Waals surface area (Å²) in [6, 6.07) is 16.7. The minimum atomic E-state index is -1.32. The molecule has 2 aromatic rings. The number of hydrogen-bond acceptors (Lipinski definition) is 3. The van der Waals surface area contributed by atoms with E-state index >= 15 is 0 Å². The molecule has 0 spiro atoms. The molecule has 96 valence electrons. The molecule has 0 fully saturated rings. The molecular weight excluding hydrogens is 244 g/mol. The minimum absolute atomic E-state index is 0.328. The second kappa shape index (κ2) is 5.82. The molecule has 2 rings (SSSR count). The summed E-state index contributed by atoms with van der Waals surface area (Å²) in [7, 11) is 0. The van der Waals surface area contributed by atoms with Crippen LogP contribution in [0.4, 0.5) is 0 Å². The van der Waals surface area contributed by atoms with Crippen LogP contribution in [0.2, 0.25) is 0 Å². The summed E-state index contributed by atoms with van der Waals surface area (Å²) >= 11 is 0. The zero-order valence-corrected chi connectivity index (χ0v) is 10.0. The zero-order chi connectivity index (χ0) is 13.7. The molecule has 4 nitrogen and oxygen atoms in total. The maximum absolute atomic E-state index is 12.0. The number of carboxylic acids is 1. The van der Waals surface area contributed by atoms with Gasteiger partial charge in [0.15, 0.2) is 5.92 Å². The van der Waals surface area contributed by atoms with Gasteiger partial charge in [0.05, 0.1) is 0 Å². The molecule has 0 bridgehead atoms. The maximum Gasteiger partial charge on any atom is 0.330 e. The number of hydrogen-bond donors (Lipinski definition) is 1. The first-order chi connectivity index (χ1) is 9.18. The highest BCUT2D eigenvalue weighted by molar-refractivity contribution is 6.00. The first-order valence-corrected chi connectivity index (χ1v) is 5.73. The molecule has 1 atom stereocenters. The van der Waals surface area contributed by atoms with Crippen molar-refractivity contribution in [1.82, 2.24) is 0 Å². The largest absolute Gasteiger partial charge is 0.480 e. The molecule has 0 aliphatic heterocycles. The third-order valence-electron chi connectivity index (χ3n) is 2.58. The molecule has 4 heteroatoms. The number of carboxylic acid groups (broad SMARTS) is 1. The normalized spacial score (nSPS) is 11.6. The monoisotopic (exact) mass is 256 g/mol. The van der Waals surface area contributed by atoms with Gasteiger partial charge in [0.25, 0.3) is 0 Å². The van der Waals surface area contributed by atoms with Crippen molar-refractivity contribution in [2.45, 2.75) is 5.92 Å². The van der Waals surface area contributed by atoms with Crippen molar-refractivity contribution in [3.8, 4) is 5.75 Å². The lowest BCUT2D eigenvalue weighted by Gasteiger charge is -2.12. The fraction of sp³-hybridized carbons (Fsp3) is 0.0667. The molecule has 0 amide bonds. The van der Waals surface area contributed by atoms with Gasteiger partial charge in [-0.2, -0.15) is 0 Å². The van der Waals surface area contributed by atoms with Crippen LogP contribution in [0.3, 0.4) is 0 Å². The topological polar surface area (TPSA) is 63.6 Å². The second-order valence-electron chi connectivity index (χ2n) is 3.92. The van der Waals surface area contributed by atoms with Crippen LogP contribution in [0, 0.1) is 0 Å². The summed E-state index contributed by atoms with van der Waals surface area (Å²) in [6.45, 7) is 0. The van der Waals surface area contributed by atoms with Gasteiger partial charge in [-0.05, 0) is 17.7 Å². The van der Waals surface area contributed by atoms with E-state index in [1.807, 2.05) is 0 Å². The van der Waals surface area contributed by atoms with Gasteiger partial charge in [-0.3, -0.25) is 9.59 Å². The summed E-state index contributed by atoms with van der Waals surface area (Å²) in [5, 5.41) is 9.17. The molecular formula is C15H12O4. The Morgan fingerprint density at radius 1 is 0.895 bits per heavy atom. The molecule has 19 heavy (non-hydrogen) atoms. The average Bonchev–Trinajstić information content (AvgIpc) is 2.40. The Morgan fingerprint density at radius 2 is 1.42 bits per heavy atom. The average molecular weight is 256 g/mol. The Labute approximate surface area is 110 Å². The van der Waals surface area contributed by atoms with E-state index in [-0.39, 0.29) is 0 Å². The minimum Gasteiger partial charge on any atom is -0.480 e. The standard InChI is InChI=1S/C15H12O4/c16-14(17)13(11-7-3-1-4-8-11)15(18)19-12-9-5-2-6-10-12/h1-10,13H,(H,16,17). The van der Waals surface area contributed by atoms with Crippen LogP contribution in [0.5, 0.6) is 5.75 Å². The van der Waals surface area contributed by atoms with Gasteiger partial charge in [-0.15, -0.1) is 0 Å². The summed E-state index contributed by atoms with van der Waals surface area (Å²) in [5.41, 5.74) is 0.399. The SMILES string of the molecule is O=C(O)C(C(=O)Oc1ccccc1)c1ccccc1. The third-order valence-corrected chi connectivity index (χ3v) is 2.58. The van der Waals surface area contributed by atoms with Crippen molar-refractivity contribution >= 4 is 11.9 Å². The van der Waals surface area contributed by atoms with E-state index in [9.17, 15) is 14.7 Å². The van der Waals surface area contributed by atoms with Crippen LogP contribution in [0.1, 0.15) is 11.5 Å². The van der Waals surface area contributed by atoms with Crippen molar-refractivity contribution in [2.75, 3.05) is 0 Å². The number of carbonyl (C=O) groups excluding carboxylic acids is 1. The molecule has 1 N–H and O–H groups in total. The smallest absolute Gasteiger partial charge is 0.330 e. The van der Waals surface area contributed by atoms with Crippen molar-refractivity contribution in [3.63, 3.8) is 0 Å². The zero-order valence-electron chi connectivity index (χ0n) is 10.0. The molecule has 0 aliphatic rings. The molecule has 0 aliphatic carbocycles. The van der Waals surface area contributed by atoms with Gasteiger partial charge in [0, 0.05) is 0 Å². The molecule has 0 heterocycles. The highest BCUT2D eigenvalue weighted by Crippen LogP contribution is 2.19. The Morgan fingerprint density at radius 3 is 1.95 bits per heavy atom. The molecule has 2 aromatic carbocycles. The number of rotatable bonds is 4. The summed E-state index contributed by atoms with van der Waals surface area (Å²) in [4.78, 5) is 23.2. The molecule has 0 saturated heterocycles. The van der Waals surface area contributed by atoms with E-state index in [1.54, 1.807) is 60.7 Å². The highest BCUT2D eigenvalue weighted by atomic mass is 16.5. The Bertz CT molecular complexity index is 563. The number of carbonyl (C=O) groups is 2. The van der Waals surface area contributed by atoms with Gasteiger partial charge < -0.3 is 9.84 Å². The molecule has 0 aromatic heterocycles. The number of ether oxygens (including phenoxy) is 1. The Kier molecular flexibility index (Phi) is 3.93. The molecule has 1 unspecified atom stereocenters. The van der Waals surface area contributed by atoms with E-state index in [0.29, 0.717) is 11.3 Å². The van der Waals surface area contributed by atoms with Crippen LogP contribution >= 0.6 is 0 Å². The van der Waals surface area contributed by atoms with Crippen LogP contribution in [-0.2, 0) is 9.59 Å². The van der Waals surface area contributed by atoms with Crippen molar-refractivity contribution in [3.05, 3.63) is 66.2 Å². The number of benzene rings is 2. The number of esters is 1. The van der Waals surface area contributed by atoms with Gasteiger partial charge in [-0.25, -0.2) is 0 Å². The van der Waals surface area contributed by atoms with Gasteiger partial charge in [0.2, 0.25) is 0 Å². The van der Waals surface area contributed by atoms with Crippen LogP contribution < -0.4 is 4.74 Å². The lowest BCUT2D eigenvalue weighted by Crippen LogP contribution is -2.25. The van der Waals surface area contributed by atoms with Gasteiger partial charge >= 0.3 is 11.9 Å². The molecule has 0 saturated carbocycles. The summed E-state index contributed by atoms with van der Waals surface area (Å²) < 4.78 is 5.07. The van der Waals surface area contributed by atoms with E-state index < -0.39 is 17.9 Å². The molecule has 0 radical (unpaired) electrons. The van der Waals surface area contributed by atoms with E-state index in [4.69, 9.17) is 4.74 Å². The highest BCUT2D eigenvalue weighted by Gasteiger charge is 2.30. The van der Waals surface area contributed by atoms with Crippen LogP contribution in [0.15, 0.2) is 60.7 Å². The van der Waals surface area contributed by atoms with Crippen molar-refractivity contribution in [2.24, 2.45) is 0 Å². The van der Waals surface area contributed by atoms with E-state index in [0.717, 1.165) is 0 Å². The van der Waals surface area contributed by atoms with Crippen LogP contribution in [0.25, 0.3) is 0 Å². The van der Waals surface area contributed by atoms with Gasteiger partial charge in [-0.1, -0.05) is 48.5 Å².